The number of alkyl halides is 2. The number of carbonyl (C=O) groups excluding carboxylic acids is 1. The second-order valence-corrected chi connectivity index (χ2v) is 11.0. The van der Waals surface area contributed by atoms with Crippen LogP contribution in [0.3, 0.4) is 0 Å². The Morgan fingerprint density at radius 3 is 2.53 bits per heavy atom. The molecule has 1 saturated heterocycles. The Labute approximate surface area is 209 Å². The van der Waals surface area contributed by atoms with Crippen molar-refractivity contribution in [2.75, 3.05) is 29.4 Å². The zero-order chi connectivity index (χ0) is 25.8. The summed E-state index contributed by atoms with van der Waals surface area (Å²) in [6.45, 7) is 8.10. The van der Waals surface area contributed by atoms with E-state index < -0.39 is 17.7 Å². The zero-order valence-electron chi connectivity index (χ0n) is 21.1. The summed E-state index contributed by atoms with van der Waals surface area (Å²) in [6.07, 6.45) is 3.61. The van der Waals surface area contributed by atoms with E-state index in [0.29, 0.717) is 24.5 Å². The summed E-state index contributed by atoms with van der Waals surface area (Å²) in [5.74, 6) is 1.82. The molecule has 0 aromatic carbocycles. The molecule has 190 valence electrons. The highest BCUT2D eigenvalue weighted by Crippen LogP contribution is 2.56. The van der Waals surface area contributed by atoms with Gasteiger partial charge in [0.2, 0.25) is 5.91 Å². The molecular weight excluding hydrogens is 464 g/mol. The average molecular weight is 496 g/mol. The Morgan fingerprint density at radius 2 is 1.89 bits per heavy atom. The topological polar surface area (TPSA) is 89.2 Å². The van der Waals surface area contributed by atoms with Gasteiger partial charge in [0.25, 0.3) is 6.43 Å². The third-order valence-corrected chi connectivity index (χ3v) is 8.13. The van der Waals surface area contributed by atoms with Crippen LogP contribution in [0.5, 0.6) is 0 Å². The van der Waals surface area contributed by atoms with E-state index >= 15 is 0 Å². The summed E-state index contributed by atoms with van der Waals surface area (Å²) < 4.78 is 27.2. The first-order chi connectivity index (χ1) is 17.1. The monoisotopic (exact) mass is 495 g/mol. The summed E-state index contributed by atoms with van der Waals surface area (Å²) in [5.41, 5.74) is -0.190. The van der Waals surface area contributed by atoms with Crippen LogP contribution in [0.1, 0.15) is 58.1 Å². The number of halogens is 2. The highest BCUT2D eigenvalue weighted by Gasteiger charge is 2.52. The van der Waals surface area contributed by atoms with Crippen LogP contribution in [0.4, 0.5) is 26.2 Å². The van der Waals surface area contributed by atoms with Gasteiger partial charge in [-0.3, -0.25) is 4.79 Å². The molecule has 2 fully saturated rings. The predicted molar refractivity (Wildman–Crippen MR) is 131 cm³/mol. The lowest BCUT2D eigenvalue weighted by molar-refractivity contribution is -0.152. The molecule has 1 saturated carbocycles. The normalized spacial score (nSPS) is 23.0. The quantitative estimate of drug-likeness (QED) is 0.633. The Morgan fingerprint density at radius 1 is 1.17 bits per heavy atom. The molecule has 1 spiro atoms. The third-order valence-electron chi connectivity index (χ3n) is 8.13. The van der Waals surface area contributed by atoms with Crippen LogP contribution in [0.25, 0.3) is 0 Å². The minimum Gasteiger partial charge on any atom is -0.350 e. The van der Waals surface area contributed by atoms with E-state index in [1.807, 2.05) is 13.8 Å². The summed E-state index contributed by atoms with van der Waals surface area (Å²) in [5, 5.41) is 9.37. The molecule has 36 heavy (non-hydrogen) atoms. The number of nitrogens with zero attached hydrogens (tertiary/aromatic N) is 7. The number of rotatable bonds is 4. The van der Waals surface area contributed by atoms with Gasteiger partial charge in [0, 0.05) is 48.9 Å². The summed E-state index contributed by atoms with van der Waals surface area (Å²) in [6, 6.07) is 5.29. The van der Waals surface area contributed by atoms with E-state index in [4.69, 9.17) is 4.98 Å². The summed E-state index contributed by atoms with van der Waals surface area (Å²) >= 11 is 0. The number of pyridine rings is 1. The second kappa shape index (κ2) is 8.64. The maximum absolute atomic E-state index is 13.6. The SMILES string of the molecule is C[C@@H]1CN(c2ncnc3c2C2(CCC2)CN3c2cc(C#N)ccn2)[C@@H](C)CN1C(=O)C(C)(C)C(F)F. The molecule has 10 heteroatoms. The van der Waals surface area contributed by atoms with E-state index in [1.54, 1.807) is 29.6 Å². The van der Waals surface area contributed by atoms with Gasteiger partial charge in [0.1, 0.15) is 29.2 Å². The summed E-state index contributed by atoms with van der Waals surface area (Å²) in [7, 11) is 0. The lowest BCUT2D eigenvalue weighted by Crippen LogP contribution is -2.61. The van der Waals surface area contributed by atoms with Gasteiger partial charge in [-0.1, -0.05) is 6.42 Å². The Kier molecular flexibility index (Phi) is 5.85. The molecule has 4 heterocycles. The fraction of sp³-hybridized carbons (Fsp3) is 0.577. The van der Waals surface area contributed by atoms with Crippen molar-refractivity contribution in [2.24, 2.45) is 5.41 Å². The number of hydrogen-bond acceptors (Lipinski definition) is 7. The number of amides is 1. The van der Waals surface area contributed by atoms with Crippen LogP contribution in [0.15, 0.2) is 24.7 Å². The molecule has 8 nitrogen and oxygen atoms in total. The van der Waals surface area contributed by atoms with Crippen LogP contribution >= 0.6 is 0 Å². The van der Waals surface area contributed by atoms with Crippen molar-refractivity contribution >= 4 is 23.4 Å². The molecule has 0 N–H and O–H groups in total. The number of anilines is 3. The van der Waals surface area contributed by atoms with Gasteiger partial charge in [0.05, 0.1) is 11.6 Å². The molecule has 1 aliphatic carbocycles. The van der Waals surface area contributed by atoms with Gasteiger partial charge >= 0.3 is 0 Å². The molecule has 2 atom stereocenters. The number of carbonyl (C=O) groups is 1. The fourth-order valence-corrected chi connectivity index (χ4v) is 5.73. The van der Waals surface area contributed by atoms with Crippen molar-refractivity contribution in [1.82, 2.24) is 19.9 Å². The van der Waals surface area contributed by atoms with Crippen LogP contribution < -0.4 is 9.80 Å². The number of hydrogen-bond donors (Lipinski definition) is 0. The highest BCUT2D eigenvalue weighted by molar-refractivity contribution is 5.83. The standard InChI is InChI=1S/C26H31F2N7O/c1-16-13-34(24(36)25(3,4)23(27)28)17(2)12-33(16)21-20-22(32-15-31-21)35(14-26(20)7-5-8-26)19-10-18(11-29)6-9-30-19/h6,9-10,15-17,23H,5,7-8,12-14H2,1-4H3/t16-,17+/m0/s1. The maximum atomic E-state index is 13.6. The van der Waals surface area contributed by atoms with Crippen LogP contribution in [0, 0.1) is 16.7 Å². The van der Waals surface area contributed by atoms with Crippen molar-refractivity contribution in [1.29, 1.82) is 5.26 Å². The molecule has 0 bridgehead atoms. The molecule has 2 aromatic rings. The minimum atomic E-state index is -2.73. The molecule has 3 aliphatic rings. The first-order valence-corrected chi connectivity index (χ1v) is 12.4. The second-order valence-electron chi connectivity index (χ2n) is 11.0. The van der Waals surface area contributed by atoms with Crippen molar-refractivity contribution < 1.29 is 13.6 Å². The number of aromatic nitrogens is 3. The van der Waals surface area contributed by atoms with Gasteiger partial charge in [-0.2, -0.15) is 5.26 Å². The van der Waals surface area contributed by atoms with E-state index in [-0.39, 0.29) is 17.5 Å². The Balaban J connectivity index is 1.50. The van der Waals surface area contributed by atoms with Crippen LogP contribution in [-0.4, -0.2) is 63.9 Å². The third kappa shape index (κ3) is 3.67. The van der Waals surface area contributed by atoms with Gasteiger partial charge in [0.15, 0.2) is 0 Å². The molecule has 2 aromatic heterocycles. The first kappa shape index (κ1) is 24.3. The molecule has 0 unspecified atom stereocenters. The fourth-order valence-electron chi connectivity index (χ4n) is 5.73. The summed E-state index contributed by atoms with van der Waals surface area (Å²) in [4.78, 5) is 32.8. The maximum Gasteiger partial charge on any atom is 0.252 e. The molecule has 1 amide bonds. The van der Waals surface area contributed by atoms with Crippen molar-refractivity contribution in [3.8, 4) is 6.07 Å². The first-order valence-electron chi connectivity index (χ1n) is 12.4. The van der Waals surface area contributed by atoms with E-state index in [1.165, 1.54) is 13.8 Å². The van der Waals surface area contributed by atoms with Crippen LogP contribution in [0.2, 0.25) is 0 Å². The van der Waals surface area contributed by atoms with Gasteiger partial charge in [-0.05, 0) is 52.7 Å². The molecular formula is C26H31F2N7O. The lowest BCUT2D eigenvalue weighted by Gasteiger charge is -2.48. The average Bonchev–Trinajstić information content (AvgIpc) is 3.21. The van der Waals surface area contributed by atoms with Gasteiger partial charge < -0.3 is 14.7 Å². The molecule has 5 rings (SSSR count). The van der Waals surface area contributed by atoms with Gasteiger partial charge in [-0.25, -0.2) is 23.7 Å². The Hall–Kier alpha value is -3.35. The van der Waals surface area contributed by atoms with E-state index in [0.717, 1.165) is 43.0 Å². The van der Waals surface area contributed by atoms with Crippen molar-refractivity contribution in [3.05, 3.63) is 35.8 Å². The van der Waals surface area contributed by atoms with Crippen molar-refractivity contribution in [3.63, 3.8) is 0 Å². The number of nitriles is 1. The largest absolute Gasteiger partial charge is 0.350 e. The number of fused-ring (bicyclic) bond motifs is 2. The smallest absolute Gasteiger partial charge is 0.252 e. The lowest BCUT2D eigenvalue weighted by atomic mass is 9.66. The molecule has 0 radical (unpaired) electrons. The highest BCUT2D eigenvalue weighted by atomic mass is 19.3. The van der Waals surface area contributed by atoms with Crippen LogP contribution in [-0.2, 0) is 10.2 Å². The number of piperazine rings is 1. The van der Waals surface area contributed by atoms with Crippen molar-refractivity contribution in [2.45, 2.75) is 70.9 Å². The zero-order valence-corrected chi connectivity index (χ0v) is 21.1. The van der Waals surface area contributed by atoms with E-state index in [2.05, 4.69) is 25.8 Å². The van der Waals surface area contributed by atoms with Gasteiger partial charge in [-0.15, -0.1) is 0 Å². The Bertz CT molecular complexity index is 1220. The minimum absolute atomic E-state index is 0.0934. The van der Waals surface area contributed by atoms with E-state index in [9.17, 15) is 18.8 Å². The predicted octanol–water partition coefficient (Wildman–Crippen LogP) is 4.03. The molecule has 2 aliphatic heterocycles.